The molecule has 3 heterocycles. The Labute approximate surface area is 122 Å². The minimum atomic E-state index is -0.970. The number of carboxylic acid groups (broad SMARTS) is 1. The summed E-state index contributed by atoms with van der Waals surface area (Å²) < 4.78 is 7.09. The molecule has 0 amide bonds. The Morgan fingerprint density at radius 1 is 1.48 bits per heavy atom. The van der Waals surface area contributed by atoms with Crippen LogP contribution in [0.2, 0.25) is 0 Å². The van der Waals surface area contributed by atoms with Gasteiger partial charge in [0, 0.05) is 33.4 Å². The third-order valence-corrected chi connectivity index (χ3v) is 3.99. The van der Waals surface area contributed by atoms with Crippen molar-refractivity contribution in [3.8, 4) is 0 Å². The summed E-state index contributed by atoms with van der Waals surface area (Å²) in [6.45, 7) is 1.50. The van der Waals surface area contributed by atoms with Gasteiger partial charge in [0.25, 0.3) is 0 Å². The second-order valence-corrected chi connectivity index (χ2v) is 5.28. The minimum absolute atomic E-state index is 0.125. The Morgan fingerprint density at radius 3 is 3.00 bits per heavy atom. The van der Waals surface area contributed by atoms with Gasteiger partial charge in [-0.2, -0.15) is 5.10 Å². The molecule has 7 heteroatoms. The molecule has 0 aliphatic carbocycles. The predicted molar refractivity (Wildman–Crippen MR) is 77.7 cm³/mol. The Morgan fingerprint density at radius 2 is 2.29 bits per heavy atom. The number of hydrogen-bond acceptors (Lipinski definition) is 5. The van der Waals surface area contributed by atoms with Gasteiger partial charge in [0.1, 0.15) is 5.56 Å². The lowest BCUT2D eigenvalue weighted by molar-refractivity contribution is 0.0695. The highest BCUT2D eigenvalue weighted by atomic mass is 16.5. The molecule has 112 valence electrons. The van der Waals surface area contributed by atoms with Crippen LogP contribution in [0.4, 0.5) is 5.69 Å². The summed E-state index contributed by atoms with van der Waals surface area (Å²) in [6, 6.07) is 0. The summed E-state index contributed by atoms with van der Waals surface area (Å²) in [5.41, 5.74) is 1.60. The molecule has 0 bridgehead atoms. The van der Waals surface area contributed by atoms with E-state index in [-0.39, 0.29) is 11.7 Å². The number of fused-ring (bicyclic) bond motifs is 1. The molecule has 2 aromatic rings. The lowest BCUT2D eigenvalue weighted by atomic mass is 10.0. The van der Waals surface area contributed by atoms with E-state index in [1.165, 1.54) is 6.20 Å². The Balaban J connectivity index is 2.14. The second kappa shape index (κ2) is 5.33. The van der Waals surface area contributed by atoms with Crippen molar-refractivity contribution in [3.05, 3.63) is 18.0 Å². The van der Waals surface area contributed by atoms with Gasteiger partial charge in [0.2, 0.25) is 0 Å². The maximum atomic E-state index is 11.5. The van der Waals surface area contributed by atoms with Gasteiger partial charge in [-0.1, -0.05) is 0 Å². The lowest BCUT2D eigenvalue weighted by Crippen LogP contribution is -2.40. The predicted octanol–water partition coefficient (Wildman–Crippen LogP) is 1.28. The molecule has 1 atom stereocenters. The molecule has 2 aromatic heterocycles. The molecule has 1 aliphatic rings. The van der Waals surface area contributed by atoms with E-state index in [0.29, 0.717) is 17.9 Å². The zero-order valence-electron chi connectivity index (χ0n) is 12.1. The van der Waals surface area contributed by atoms with Crippen molar-refractivity contribution in [2.75, 3.05) is 25.1 Å². The van der Waals surface area contributed by atoms with Crippen LogP contribution >= 0.6 is 0 Å². The summed E-state index contributed by atoms with van der Waals surface area (Å²) in [4.78, 5) is 17.8. The monoisotopic (exact) mass is 290 g/mol. The Bertz CT molecular complexity index is 682. The normalized spacial score (nSPS) is 19.1. The molecule has 1 N–H and O–H groups in total. The molecule has 0 spiro atoms. The number of ether oxygens (including phenoxy) is 1. The van der Waals surface area contributed by atoms with E-state index in [2.05, 4.69) is 15.0 Å². The van der Waals surface area contributed by atoms with Gasteiger partial charge >= 0.3 is 5.97 Å². The first-order chi connectivity index (χ1) is 10.1. The molecule has 0 aromatic carbocycles. The number of rotatable bonds is 3. The molecule has 0 saturated carbocycles. The van der Waals surface area contributed by atoms with E-state index < -0.39 is 5.97 Å². The molecule has 0 radical (unpaired) electrons. The number of aromatic nitrogens is 3. The van der Waals surface area contributed by atoms with Crippen LogP contribution < -0.4 is 4.90 Å². The number of aromatic carboxylic acids is 1. The van der Waals surface area contributed by atoms with Gasteiger partial charge in [-0.15, -0.1) is 0 Å². The first kappa shape index (κ1) is 13.8. The number of carboxylic acids is 1. The first-order valence-corrected chi connectivity index (χ1v) is 6.93. The molecule has 1 unspecified atom stereocenters. The summed E-state index contributed by atoms with van der Waals surface area (Å²) in [7, 11) is 3.49. The highest BCUT2D eigenvalue weighted by Gasteiger charge is 2.26. The summed E-state index contributed by atoms with van der Waals surface area (Å²) >= 11 is 0. The van der Waals surface area contributed by atoms with Gasteiger partial charge in [0.15, 0.2) is 5.65 Å². The van der Waals surface area contributed by atoms with E-state index in [0.717, 1.165) is 24.8 Å². The van der Waals surface area contributed by atoms with Crippen LogP contribution in [0, 0.1) is 0 Å². The molecule has 21 heavy (non-hydrogen) atoms. The van der Waals surface area contributed by atoms with Crippen molar-refractivity contribution in [1.29, 1.82) is 0 Å². The number of aryl methyl sites for hydroxylation is 1. The van der Waals surface area contributed by atoms with Gasteiger partial charge in [-0.25, -0.2) is 9.78 Å². The molecular formula is C14H18N4O3. The molecule has 7 nitrogen and oxygen atoms in total. The highest BCUT2D eigenvalue weighted by Crippen LogP contribution is 2.31. The van der Waals surface area contributed by atoms with E-state index in [1.807, 2.05) is 0 Å². The number of hydrogen-bond donors (Lipinski definition) is 1. The number of pyridine rings is 1. The Kier molecular flexibility index (Phi) is 3.50. The molecule has 1 aliphatic heterocycles. The van der Waals surface area contributed by atoms with Crippen molar-refractivity contribution in [2.45, 2.75) is 18.9 Å². The number of anilines is 1. The fourth-order valence-corrected chi connectivity index (χ4v) is 2.91. The largest absolute Gasteiger partial charge is 0.478 e. The summed E-state index contributed by atoms with van der Waals surface area (Å²) in [5, 5.41) is 14.4. The van der Waals surface area contributed by atoms with Crippen molar-refractivity contribution in [2.24, 2.45) is 7.05 Å². The summed E-state index contributed by atoms with van der Waals surface area (Å²) in [5.74, 6) is -0.970. The number of nitrogens with zero attached hydrogens (tertiary/aromatic N) is 4. The lowest BCUT2D eigenvalue weighted by Gasteiger charge is -2.34. The maximum Gasteiger partial charge on any atom is 0.339 e. The quantitative estimate of drug-likeness (QED) is 0.917. The molecule has 3 rings (SSSR count). The van der Waals surface area contributed by atoms with Crippen LogP contribution in [0.25, 0.3) is 11.0 Å². The van der Waals surface area contributed by atoms with Gasteiger partial charge in [-0.05, 0) is 12.8 Å². The van der Waals surface area contributed by atoms with Gasteiger partial charge in [-0.3, -0.25) is 4.68 Å². The highest BCUT2D eigenvalue weighted by molar-refractivity contribution is 6.03. The number of carbonyl (C=O) groups is 1. The molecule has 1 fully saturated rings. The zero-order valence-corrected chi connectivity index (χ0v) is 12.1. The van der Waals surface area contributed by atoms with Crippen molar-refractivity contribution < 1.29 is 14.6 Å². The SMILES string of the molecule is COC1CCCN(c2c(C(=O)O)cnc3c2cnn3C)C1. The number of piperidine rings is 1. The van der Waals surface area contributed by atoms with E-state index in [1.54, 1.807) is 25.0 Å². The van der Waals surface area contributed by atoms with E-state index in [4.69, 9.17) is 4.74 Å². The van der Waals surface area contributed by atoms with Crippen LogP contribution in [-0.4, -0.2) is 52.1 Å². The summed E-state index contributed by atoms with van der Waals surface area (Å²) in [6.07, 6.45) is 5.19. The average Bonchev–Trinajstić information content (AvgIpc) is 2.88. The van der Waals surface area contributed by atoms with Crippen LogP contribution in [0.3, 0.4) is 0 Å². The standard InChI is InChI=1S/C14H18N4O3/c1-17-13-10(7-16-17)12(11(6-15-13)14(19)20)18-5-3-4-9(8-18)21-2/h6-7,9H,3-5,8H2,1-2H3,(H,19,20). The second-order valence-electron chi connectivity index (χ2n) is 5.28. The van der Waals surface area contributed by atoms with Crippen molar-refractivity contribution >= 4 is 22.7 Å². The zero-order chi connectivity index (χ0) is 15.0. The smallest absolute Gasteiger partial charge is 0.339 e. The van der Waals surface area contributed by atoms with E-state index in [9.17, 15) is 9.90 Å². The van der Waals surface area contributed by atoms with Crippen LogP contribution in [0.1, 0.15) is 23.2 Å². The average molecular weight is 290 g/mol. The van der Waals surface area contributed by atoms with Crippen LogP contribution in [0.15, 0.2) is 12.4 Å². The molecular weight excluding hydrogens is 272 g/mol. The maximum absolute atomic E-state index is 11.5. The molecule has 1 saturated heterocycles. The first-order valence-electron chi connectivity index (χ1n) is 6.93. The topological polar surface area (TPSA) is 80.5 Å². The van der Waals surface area contributed by atoms with Crippen molar-refractivity contribution in [3.63, 3.8) is 0 Å². The van der Waals surface area contributed by atoms with Crippen molar-refractivity contribution in [1.82, 2.24) is 14.8 Å². The van der Waals surface area contributed by atoms with Crippen LogP contribution in [-0.2, 0) is 11.8 Å². The van der Waals surface area contributed by atoms with E-state index >= 15 is 0 Å². The van der Waals surface area contributed by atoms with Crippen LogP contribution in [0.5, 0.6) is 0 Å². The van der Waals surface area contributed by atoms with Gasteiger partial charge < -0.3 is 14.7 Å². The third kappa shape index (κ3) is 2.33. The fraction of sp³-hybridized carbons (Fsp3) is 0.500. The minimum Gasteiger partial charge on any atom is -0.478 e. The van der Waals surface area contributed by atoms with Gasteiger partial charge in [0.05, 0.1) is 23.4 Å². The fourth-order valence-electron chi connectivity index (χ4n) is 2.91. The Hall–Kier alpha value is -2.15. The third-order valence-electron chi connectivity index (χ3n) is 3.99. The number of methoxy groups -OCH3 is 1.